The van der Waals surface area contributed by atoms with Crippen LogP contribution in [0.1, 0.15) is 5.56 Å². The molecule has 0 spiro atoms. The SMILES string of the molecule is CSCCn1c(=NC(=O)Cc2ccc(F)cc2)sc2cc(Cl)ccc21. The van der Waals surface area contributed by atoms with Crippen molar-refractivity contribution in [1.29, 1.82) is 0 Å². The fraction of sp³-hybridized carbons (Fsp3) is 0.222. The maximum atomic E-state index is 13.0. The summed E-state index contributed by atoms with van der Waals surface area (Å²) >= 11 is 9.27. The minimum atomic E-state index is -0.315. The Labute approximate surface area is 158 Å². The van der Waals surface area contributed by atoms with Crippen LogP contribution in [0.25, 0.3) is 10.2 Å². The van der Waals surface area contributed by atoms with Crippen molar-refractivity contribution >= 4 is 50.8 Å². The van der Waals surface area contributed by atoms with Crippen molar-refractivity contribution in [3.8, 4) is 0 Å². The summed E-state index contributed by atoms with van der Waals surface area (Å²) in [5.74, 6) is 0.361. The Balaban J connectivity index is 1.96. The number of thioether (sulfide) groups is 1. The smallest absolute Gasteiger partial charge is 0.252 e. The van der Waals surface area contributed by atoms with Gasteiger partial charge in [0.15, 0.2) is 4.80 Å². The summed E-state index contributed by atoms with van der Waals surface area (Å²) in [6.45, 7) is 0.769. The highest BCUT2D eigenvalue weighted by atomic mass is 35.5. The average Bonchev–Trinajstić information content (AvgIpc) is 2.91. The van der Waals surface area contributed by atoms with Gasteiger partial charge in [0.05, 0.1) is 16.6 Å². The molecule has 0 radical (unpaired) electrons. The van der Waals surface area contributed by atoms with E-state index in [4.69, 9.17) is 11.6 Å². The Bertz CT molecular complexity index is 963. The van der Waals surface area contributed by atoms with E-state index in [-0.39, 0.29) is 18.1 Å². The predicted molar refractivity (Wildman–Crippen MR) is 104 cm³/mol. The fourth-order valence-electron chi connectivity index (χ4n) is 2.45. The van der Waals surface area contributed by atoms with E-state index in [1.165, 1.54) is 23.5 Å². The molecule has 1 amide bonds. The lowest BCUT2D eigenvalue weighted by atomic mass is 10.1. The van der Waals surface area contributed by atoms with Gasteiger partial charge in [0, 0.05) is 17.3 Å². The number of thiazole rings is 1. The second-order valence-corrected chi connectivity index (χ2v) is 7.88. The molecule has 0 aliphatic rings. The second-order valence-electron chi connectivity index (χ2n) is 5.45. The van der Waals surface area contributed by atoms with Gasteiger partial charge in [-0.25, -0.2) is 4.39 Å². The molecule has 1 aromatic heterocycles. The first-order chi connectivity index (χ1) is 12.1. The number of carbonyl (C=O) groups is 1. The standard InChI is InChI=1S/C18H16ClFN2OS2/c1-24-9-8-22-15-7-4-13(19)11-16(15)25-18(22)21-17(23)10-12-2-5-14(20)6-3-12/h2-7,11H,8-10H2,1H3. The molecular formula is C18H16ClFN2OS2. The molecule has 3 aromatic rings. The third-order valence-corrected chi connectivity index (χ3v) is 5.52. The normalized spacial score (nSPS) is 12.0. The number of fused-ring (bicyclic) bond motifs is 1. The number of rotatable bonds is 5. The molecule has 0 aliphatic heterocycles. The molecule has 0 aliphatic carbocycles. The molecule has 0 saturated heterocycles. The number of hydrogen-bond acceptors (Lipinski definition) is 3. The van der Waals surface area contributed by atoms with Crippen LogP contribution in [0.2, 0.25) is 5.02 Å². The lowest BCUT2D eigenvalue weighted by Crippen LogP contribution is -2.18. The highest BCUT2D eigenvalue weighted by molar-refractivity contribution is 7.98. The number of benzene rings is 2. The van der Waals surface area contributed by atoms with Crippen molar-refractivity contribution in [1.82, 2.24) is 4.57 Å². The maximum absolute atomic E-state index is 13.0. The Morgan fingerprint density at radius 3 is 2.76 bits per heavy atom. The van der Waals surface area contributed by atoms with E-state index in [1.807, 2.05) is 24.5 Å². The quantitative estimate of drug-likeness (QED) is 0.637. The highest BCUT2D eigenvalue weighted by Gasteiger charge is 2.09. The molecule has 0 bridgehead atoms. The molecule has 0 N–H and O–H groups in total. The van der Waals surface area contributed by atoms with Crippen LogP contribution in [-0.2, 0) is 17.8 Å². The molecule has 7 heteroatoms. The van der Waals surface area contributed by atoms with Gasteiger partial charge >= 0.3 is 0 Å². The zero-order valence-corrected chi connectivity index (χ0v) is 15.9. The first-order valence-corrected chi connectivity index (χ1v) is 10.3. The number of hydrogen-bond donors (Lipinski definition) is 0. The van der Waals surface area contributed by atoms with E-state index in [1.54, 1.807) is 23.9 Å². The number of aryl methyl sites for hydroxylation is 1. The van der Waals surface area contributed by atoms with E-state index < -0.39 is 0 Å². The second kappa shape index (κ2) is 8.17. The molecule has 130 valence electrons. The summed E-state index contributed by atoms with van der Waals surface area (Å²) < 4.78 is 16.0. The lowest BCUT2D eigenvalue weighted by molar-refractivity contribution is -0.117. The first-order valence-electron chi connectivity index (χ1n) is 7.66. The molecular weight excluding hydrogens is 379 g/mol. The Kier molecular flexibility index (Phi) is 5.93. The maximum Gasteiger partial charge on any atom is 0.252 e. The summed E-state index contributed by atoms with van der Waals surface area (Å²) in [5.41, 5.74) is 1.77. The van der Waals surface area contributed by atoms with Crippen LogP contribution in [0, 0.1) is 5.82 Å². The topological polar surface area (TPSA) is 34.4 Å². The molecule has 0 atom stereocenters. The van der Waals surface area contributed by atoms with Crippen LogP contribution in [0.3, 0.4) is 0 Å². The summed E-state index contributed by atoms with van der Waals surface area (Å²) in [6, 6.07) is 11.6. The van der Waals surface area contributed by atoms with Crippen LogP contribution in [0.5, 0.6) is 0 Å². The van der Waals surface area contributed by atoms with Gasteiger partial charge in [-0.1, -0.05) is 35.1 Å². The number of amides is 1. The van der Waals surface area contributed by atoms with Crippen molar-refractivity contribution in [2.24, 2.45) is 4.99 Å². The van der Waals surface area contributed by atoms with E-state index >= 15 is 0 Å². The molecule has 2 aromatic carbocycles. The van der Waals surface area contributed by atoms with Crippen LogP contribution in [-0.4, -0.2) is 22.5 Å². The lowest BCUT2D eigenvalue weighted by Gasteiger charge is -2.03. The van der Waals surface area contributed by atoms with E-state index in [9.17, 15) is 9.18 Å². The van der Waals surface area contributed by atoms with Crippen molar-refractivity contribution in [3.63, 3.8) is 0 Å². The number of nitrogens with zero attached hydrogens (tertiary/aromatic N) is 2. The Hall–Kier alpha value is -1.63. The van der Waals surface area contributed by atoms with Crippen LogP contribution < -0.4 is 4.80 Å². The van der Waals surface area contributed by atoms with Gasteiger partial charge in [-0.15, -0.1) is 0 Å². The van der Waals surface area contributed by atoms with Crippen molar-refractivity contribution in [2.75, 3.05) is 12.0 Å². The minimum Gasteiger partial charge on any atom is -0.316 e. The van der Waals surface area contributed by atoms with Gasteiger partial charge < -0.3 is 4.57 Å². The molecule has 0 fully saturated rings. The average molecular weight is 395 g/mol. The van der Waals surface area contributed by atoms with Gasteiger partial charge in [-0.05, 0) is 42.2 Å². The van der Waals surface area contributed by atoms with Crippen LogP contribution >= 0.6 is 34.7 Å². The summed E-state index contributed by atoms with van der Waals surface area (Å²) in [5, 5.41) is 0.662. The largest absolute Gasteiger partial charge is 0.316 e. The van der Waals surface area contributed by atoms with E-state index in [0.29, 0.717) is 9.82 Å². The minimum absolute atomic E-state index is 0.151. The van der Waals surface area contributed by atoms with E-state index in [2.05, 4.69) is 9.56 Å². The van der Waals surface area contributed by atoms with Crippen molar-refractivity contribution in [2.45, 2.75) is 13.0 Å². The molecule has 25 heavy (non-hydrogen) atoms. The highest BCUT2D eigenvalue weighted by Crippen LogP contribution is 2.22. The number of aromatic nitrogens is 1. The number of halogens is 2. The monoisotopic (exact) mass is 394 g/mol. The van der Waals surface area contributed by atoms with Crippen LogP contribution in [0.15, 0.2) is 47.5 Å². The Morgan fingerprint density at radius 1 is 1.28 bits per heavy atom. The van der Waals surface area contributed by atoms with Crippen LogP contribution in [0.4, 0.5) is 4.39 Å². The molecule has 3 rings (SSSR count). The van der Waals surface area contributed by atoms with Gasteiger partial charge in [-0.3, -0.25) is 4.79 Å². The zero-order valence-electron chi connectivity index (χ0n) is 13.5. The van der Waals surface area contributed by atoms with Gasteiger partial charge in [0.2, 0.25) is 0 Å². The van der Waals surface area contributed by atoms with Crippen molar-refractivity contribution in [3.05, 3.63) is 63.7 Å². The summed E-state index contributed by atoms with van der Waals surface area (Å²) in [4.78, 5) is 17.3. The summed E-state index contributed by atoms with van der Waals surface area (Å²) in [6.07, 6.45) is 2.19. The van der Waals surface area contributed by atoms with Gasteiger partial charge in [-0.2, -0.15) is 16.8 Å². The Morgan fingerprint density at radius 2 is 2.04 bits per heavy atom. The summed E-state index contributed by atoms with van der Waals surface area (Å²) in [7, 11) is 0. The predicted octanol–water partition coefficient (Wildman–Crippen LogP) is 4.53. The zero-order chi connectivity index (χ0) is 17.8. The fourth-order valence-corrected chi connectivity index (χ4v) is 4.17. The molecule has 3 nitrogen and oxygen atoms in total. The molecule has 1 heterocycles. The van der Waals surface area contributed by atoms with Crippen molar-refractivity contribution < 1.29 is 9.18 Å². The van der Waals surface area contributed by atoms with Gasteiger partial charge in [0.25, 0.3) is 5.91 Å². The van der Waals surface area contributed by atoms with E-state index in [0.717, 1.165) is 28.1 Å². The number of carbonyl (C=O) groups excluding carboxylic acids is 1. The van der Waals surface area contributed by atoms with Gasteiger partial charge in [0.1, 0.15) is 5.82 Å². The first kappa shape index (κ1) is 18.2. The third kappa shape index (κ3) is 4.51. The molecule has 0 saturated carbocycles. The third-order valence-electron chi connectivity index (χ3n) is 3.65. The molecule has 0 unspecified atom stereocenters.